The van der Waals surface area contributed by atoms with E-state index in [0.29, 0.717) is 11.6 Å². The van der Waals surface area contributed by atoms with Crippen molar-refractivity contribution < 1.29 is 31.5 Å². The highest BCUT2D eigenvalue weighted by molar-refractivity contribution is 7.90. The monoisotopic (exact) mass is 411 g/mol. The molecule has 6 nitrogen and oxygen atoms in total. The summed E-state index contributed by atoms with van der Waals surface area (Å²) in [6, 6.07) is 6.22. The second kappa shape index (κ2) is 8.47. The van der Waals surface area contributed by atoms with Gasteiger partial charge in [0, 0.05) is 17.9 Å². The highest BCUT2D eigenvalue weighted by atomic mass is 32.2. The highest BCUT2D eigenvalue weighted by Gasteiger charge is 2.18. The van der Waals surface area contributed by atoms with Crippen molar-refractivity contribution in [1.82, 2.24) is 5.32 Å². The summed E-state index contributed by atoms with van der Waals surface area (Å²) >= 11 is 0. The third-order valence-corrected chi connectivity index (χ3v) is 5.11. The van der Waals surface area contributed by atoms with Crippen LogP contribution in [0.25, 0.3) is 0 Å². The molecule has 0 radical (unpaired) electrons. The molecule has 0 unspecified atom stereocenters. The van der Waals surface area contributed by atoms with Gasteiger partial charge in [0.1, 0.15) is 11.6 Å². The van der Waals surface area contributed by atoms with Gasteiger partial charge in [-0.1, -0.05) is 12.1 Å². The topological polar surface area (TPSA) is 89.5 Å². The maximum atomic E-state index is 13.7. The van der Waals surface area contributed by atoms with E-state index in [1.807, 2.05) is 0 Å². The molecule has 2 aromatic rings. The molecule has 0 heterocycles. The Morgan fingerprint density at radius 3 is 2.43 bits per heavy atom. The summed E-state index contributed by atoms with van der Waals surface area (Å²) in [4.78, 5) is 24.1. The van der Waals surface area contributed by atoms with Crippen molar-refractivity contribution in [1.29, 1.82) is 0 Å². The third-order valence-electron chi connectivity index (χ3n) is 4.00. The zero-order valence-electron chi connectivity index (χ0n) is 15.5. The fourth-order valence-corrected chi connectivity index (χ4v) is 3.12. The number of carbonyl (C=O) groups is 2. The number of ether oxygens (including phenoxy) is 1. The number of rotatable bonds is 6. The van der Waals surface area contributed by atoms with Gasteiger partial charge in [-0.3, -0.25) is 4.79 Å². The van der Waals surface area contributed by atoms with Crippen molar-refractivity contribution in [3.8, 4) is 0 Å². The van der Waals surface area contributed by atoms with E-state index >= 15 is 0 Å². The smallest absolute Gasteiger partial charge is 0.338 e. The van der Waals surface area contributed by atoms with Crippen LogP contribution in [-0.2, 0) is 19.4 Å². The Bertz CT molecular complexity index is 1020. The molecule has 0 spiro atoms. The molecule has 0 saturated heterocycles. The Kier molecular flexibility index (Phi) is 6.50. The summed E-state index contributed by atoms with van der Waals surface area (Å²) in [5.74, 6) is -3.10. The number of aryl methyl sites for hydroxylation is 1. The number of hydrogen-bond acceptors (Lipinski definition) is 5. The number of carbonyl (C=O) groups excluding carboxylic acids is 2. The molecule has 1 atom stereocenters. The molecule has 0 aromatic heterocycles. The van der Waals surface area contributed by atoms with E-state index in [4.69, 9.17) is 4.74 Å². The van der Waals surface area contributed by atoms with Crippen molar-refractivity contribution in [2.75, 3.05) is 12.9 Å². The molecule has 9 heteroatoms. The zero-order valence-corrected chi connectivity index (χ0v) is 16.3. The first-order valence-electron chi connectivity index (χ1n) is 8.21. The van der Waals surface area contributed by atoms with E-state index in [1.54, 1.807) is 6.92 Å². The predicted molar refractivity (Wildman–Crippen MR) is 97.5 cm³/mol. The van der Waals surface area contributed by atoms with Gasteiger partial charge in [0.15, 0.2) is 16.4 Å². The first-order valence-corrected chi connectivity index (χ1v) is 10.1. The van der Waals surface area contributed by atoms with Crippen LogP contribution in [0.2, 0.25) is 0 Å². The van der Waals surface area contributed by atoms with Crippen molar-refractivity contribution >= 4 is 21.7 Å². The van der Waals surface area contributed by atoms with E-state index < -0.39 is 46.0 Å². The van der Waals surface area contributed by atoms with Crippen molar-refractivity contribution in [3.05, 3.63) is 64.7 Å². The van der Waals surface area contributed by atoms with Gasteiger partial charge >= 0.3 is 5.97 Å². The fraction of sp³-hybridized carbons (Fsp3) is 0.263. The normalized spacial score (nSPS) is 12.3. The van der Waals surface area contributed by atoms with E-state index in [9.17, 15) is 26.8 Å². The number of benzene rings is 2. The summed E-state index contributed by atoms with van der Waals surface area (Å²) in [6.45, 7) is 2.45. The minimum absolute atomic E-state index is 0.0216. The van der Waals surface area contributed by atoms with Gasteiger partial charge in [-0.15, -0.1) is 0 Å². The van der Waals surface area contributed by atoms with Crippen LogP contribution in [0.3, 0.4) is 0 Å². The average Bonchev–Trinajstić information content (AvgIpc) is 2.58. The summed E-state index contributed by atoms with van der Waals surface area (Å²) in [7, 11) is -3.51. The highest BCUT2D eigenvalue weighted by Crippen LogP contribution is 2.18. The molecule has 0 aliphatic heterocycles. The first-order chi connectivity index (χ1) is 13.0. The summed E-state index contributed by atoms with van der Waals surface area (Å²) in [5.41, 5.74) is 0.589. The largest absolute Gasteiger partial charge is 0.452 e. The number of halogens is 2. The van der Waals surface area contributed by atoms with Gasteiger partial charge in [-0.05, 0) is 37.6 Å². The second-order valence-corrected chi connectivity index (χ2v) is 8.30. The molecule has 1 N–H and O–H groups in total. The molecule has 0 saturated carbocycles. The number of hydrogen-bond donors (Lipinski definition) is 1. The van der Waals surface area contributed by atoms with E-state index in [-0.39, 0.29) is 16.0 Å². The Balaban J connectivity index is 2.02. The maximum Gasteiger partial charge on any atom is 0.338 e. The van der Waals surface area contributed by atoms with Crippen LogP contribution in [0.4, 0.5) is 8.78 Å². The molecular formula is C19H19F2NO5S. The van der Waals surface area contributed by atoms with Gasteiger partial charge in [0.2, 0.25) is 0 Å². The van der Waals surface area contributed by atoms with Crippen LogP contribution >= 0.6 is 0 Å². The van der Waals surface area contributed by atoms with Gasteiger partial charge in [0.25, 0.3) is 5.91 Å². The lowest BCUT2D eigenvalue weighted by Crippen LogP contribution is -2.31. The van der Waals surface area contributed by atoms with Crippen LogP contribution in [0, 0.1) is 18.6 Å². The molecule has 0 aliphatic rings. The fourth-order valence-electron chi connectivity index (χ4n) is 2.47. The van der Waals surface area contributed by atoms with E-state index in [0.717, 1.165) is 12.3 Å². The number of nitrogens with one attached hydrogen (secondary N) is 1. The minimum atomic E-state index is -3.51. The molecule has 0 aliphatic carbocycles. The third kappa shape index (κ3) is 5.35. The van der Waals surface area contributed by atoms with Gasteiger partial charge in [-0.2, -0.15) is 0 Å². The molecule has 150 valence electrons. The van der Waals surface area contributed by atoms with Crippen LogP contribution in [0.15, 0.2) is 41.3 Å². The van der Waals surface area contributed by atoms with Crippen LogP contribution < -0.4 is 5.32 Å². The average molecular weight is 411 g/mol. The molecule has 28 heavy (non-hydrogen) atoms. The quantitative estimate of drug-likeness (QED) is 0.739. The summed E-state index contributed by atoms with van der Waals surface area (Å²) < 4.78 is 54.9. The lowest BCUT2D eigenvalue weighted by molar-refractivity contribution is -0.124. The standard InChI is InChI=1S/C19H19F2NO5S/c1-11-4-6-14(28(3,25)26)9-16(11)19(24)27-10-18(23)22-12(2)15-7-5-13(20)8-17(15)21/h4-9,12H,10H2,1-3H3,(H,22,23)/t12-/m0/s1. The number of esters is 1. The Morgan fingerprint density at radius 1 is 1.14 bits per heavy atom. The van der Waals surface area contributed by atoms with Gasteiger partial charge in [-0.25, -0.2) is 22.0 Å². The first kappa shape index (κ1) is 21.5. The molecule has 0 fully saturated rings. The van der Waals surface area contributed by atoms with Crippen LogP contribution in [-0.4, -0.2) is 33.2 Å². The van der Waals surface area contributed by atoms with E-state index in [2.05, 4.69) is 5.32 Å². The Labute approximate surface area is 161 Å². The number of amides is 1. The number of sulfone groups is 1. The Hall–Kier alpha value is -2.81. The van der Waals surface area contributed by atoms with Crippen molar-refractivity contribution in [2.45, 2.75) is 24.8 Å². The second-order valence-electron chi connectivity index (χ2n) is 6.28. The van der Waals surface area contributed by atoms with Gasteiger partial charge in [0.05, 0.1) is 16.5 Å². The SMILES string of the molecule is Cc1ccc(S(C)(=O)=O)cc1C(=O)OCC(=O)N[C@@H](C)c1ccc(F)cc1F. The van der Waals surface area contributed by atoms with Crippen LogP contribution in [0.1, 0.15) is 34.5 Å². The van der Waals surface area contributed by atoms with Crippen molar-refractivity contribution in [3.63, 3.8) is 0 Å². The minimum Gasteiger partial charge on any atom is -0.452 e. The zero-order chi connectivity index (χ0) is 21.1. The van der Waals surface area contributed by atoms with Gasteiger partial charge < -0.3 is 10.1 Å². The molecule has 0 bridgehead atoms. The van der Waals surface area contributed by atoms with Crippen molar-refractivity contribution in [2.24, 2.45) is 0 Å². The summed E-state index contributed by atoms with van der Waals surface area (Å²) in [5, 5.41) is 2.44. The molecule has 2 rings (SSSR count). The molecule has 1 amide bonds. The molecule has 2 aromatic carbocycles. The lowest BCUT2D eigenvalue weighted by atomic mass is 10.1. The summed E-state index contributed by atoms with van der Waals surface area (Å²) in [6.07, 6.45) is 1.01. The van der Waals surface area contributed by atoms with Crippen LogP contribution in [0.5, 0.6) is 0 Å². The molecular weight excluding hydrogens is 392 g/mol. The predicted octanol–water partition coefficient (Wildman–Crippen LogP) is 2.71. The Morgan fingerprint density at radius 2 is 1.82 bits per heavy atom. The lowest BCUT2D eigenvalue weighted by Gasteiger charge is -2.15. The van der Waals surface area contributed by atoms with E-state index in [1.165, 1.54) is 31.2 Å². The maximum absolute atomic E-state index is 13.7.